The van der Waals surface area contributed by atoms with Gasteiger partial charge in [-0.1, -0.05) is 6.04 Å². The van der Waals surface area contributed by atoms with Crippen LogP contribution in [-0.4, -0.2) is 4.98 Å². The number of nitrogens with zero attached hydrogens (tertiary/aromatic N) is 1. The van der Waals surface area contributed by atoms with Gasteiger partial charge in [0.05, 0.1) is 8.44 Å². The summed E-state index contributed by atoms with van der Waals surface area (Å²) in [5, 5.41) is 0. The summed E-state index contributed by atoms with van der Waals surface area (Å²) in [7, 11) is 0. The van der Waals surface area contributed by atoms with Crippen molar-refractivity contribution < 1.29 is 9.60 Å². The highest BCUT2D eigenvalue weighted by Gasteiger charge is 1.93. The van der Waals surface area contributed by atoms with Crippen molar-refractivity contribution in [3.8, 4) is 0 Å². The first-order chi connectivity index (χ1) is 7.46. The van der Waals surface area contributed by atoms with Crippen molar-refractivity contribution in [2.45, 2.75) is 20.3 Å². The van der Waals surface area contributed by atoms with E-state index in [9.17, 15) is 0 Å². The highest BCUT2D eigenvalue weighted by atomic mass is 14.7. The fourth-order valence-electron chi connectivity index (χ4n) is 0.532. The quantitative estimate of drug-likeness (QED) is 0.640. The molecule has 1 aromatic rings. The van der Waals surface area contributed by atoms with Crippen LogP contribution in [-0.2, 0) is 6.50 Å². The second-order valence-electron chi connectivity index (χ2n) is 1.82. The van der Waals surface area contributed by atoms with Crippen molar-refractivity contribution in [2.24, 2.45) is 5.73 Å². The van der Waals surface area contributed by atoms with Crippen LogP contribution in [0.2, 0.25) is 0 Å². The minimum absolute atomic E-state index is 0.00433. The Kier molecular flexibility index (Phi) is 0.645. The number of aromatic nitrogens is 1. The van der Waals surface area contributed by atoms with E-state index in [4.69, 9.17) is 15.3 Å². The van der Waals surface area contributed by atoms with Gasteiger partial charge in [0.15, 0.2) is 0 Å². The van der Waals surface area contributed by atoms with E-state index in [0.717, 1.165) is 0 Å². The van der Waals surface area contributed by atoms with Gasteiger partial charge in [-0.15, -0.1) is 0 Å². The van der Waals surface area contributed by atoms with E-state index in [-0.39, 0.29) is 11.3 Å². The van der Waals surface area contributed by atoms with Crippen LogP contribution in [0.1, 0.15) is 26.5 Å². The van der Waals surface area contributed by atoms with Crippen LogP contribution in [0.25, 0.3) is 0 Å². The molecule has 0 radical (unpaired) electrons. The lowest BCUT2D eigenvalue weighted by atomic mass is 10.2. The normalized spacial score (nSPS) is 22.8. The van der Waals surface area contributed by atoms with Crippen LogP contribution < -0.4 is 5.73 Å². The van der Waals surface area contributed by atoms with E-state index >= 15 is 0 Å². The van der Waals surface area contributed by atoms with E-state index in [0.29, 0.717) is 0 Å². The van der Waals surface area contributed by atoms with Crippen molar-refractivity contribution in [1.29, 1.82) is 0 Å². The van der Waals surface area contributed by atoms with Crippen LogP contribution in [0.5, 0.6) is 0 Å². The first-order valence-corrected chi connectivity index (χ1v) is 2.74. The van der Waals surface area contributed by atoms with E-state index < -0.39 is 31.1 Å². The van der Waals surface area contributed by atoms with Gasteiger partial charge in [0.1, 0.15) is 0 Å². The van der Waals surface area contributed by atoms with Crippen molar-refractivity contribution in [2.75, 3.05) is 0 Å². The van der Waals surface area contributed by atoms with Gasteiger partial charge in [0, 0.05) is 19.0 Å². The molecule has 10 heavy (non-hydrogen) atoms. The fraction of sp³-hybridized carbons (Fsp3) is 0.375. The monoisotopic (exact) mass is 143 g/mol. The lowest BCUT2D eigenvalue weighted by Gasteiger charge is -2.00. The average molecular weight is 143 g/mol. The summed E-state index contributed by atoms with van der Waals surface area (Å²) < 4.78 is 51.4. The van der Waals surface area contributed by atoms with Crippen molar-refractivity contribution in [1.82, 2.24) is 4.98 Å². The average Bonchev–Trinajstić information content (AvgIpc) is 2.07. The molecule has 2 nitrogen and oxygen atoms in total. The van der Waals surface area contributed by atoms with Crippen molar-refractivity contribution in [3.63, 3.8) is 0 Å². The van der Waals surface area contributed by atoms with Gasteiger partial charge in [-0.2, -0.15) is 0 Å². The summed E-state index contributed by atoms with van der Waals surface area (Å²) in [6.45, 7) is -3.57. The van der Waals surface area contributed by atoms with Gasteiger partial charge >= 0.3 is 0 Å². The largest absolute Gasteiger partial charge is 0.325 e. The second kappa shape index (κ2) is 2.80. The summed E-state index contributed by atoms with van der Waals surface area (Å²) >= 11 is 0. The topological polar surface area (TPSA) is 38.9 Å². The molecule has 1 aromatic heterocycles. The molecule has 0 spiro atoms. The molecule has 2 N–H and O–H groups in total. The molecule has 0 aromatic carbocycles. The molecular weight excluding hydrogens is 124 g/mol. The summed E-state index contributed by atoms with van der Waals surface area (Å²) in [5.74, 6) is 0. The Labute approximate surface area is 70.9 Å². The SMILES string of the molecule is [2H]c1c(C([2H])([2H])N)nc(C)c(C([2H])([2H])[2H])c1[2H]. The fourth-order valence-corrected chi connectivity index (χ4v) is 0.532. The number of hydrogen-bond acceptors (Lipinski definition) is 2. The Bertz CT molecular complexity index is 447. The van der Waals surface area contributed by atoms with Gasteiger partial charge in [-0.25, -0.2) is 0 Å². The van der Waals surface area contributed by atoms with Crippen LogP contribution >= 0.6 is 0 Å². The van der Waals surface area contributed by atoms with E-state index in [2.05, 4.69) is 4.98 Å². The molecule has 0 aliphatic rings. The molecule has 0 aliphatic carbocycles. The Morgan fingerprint density at radius 3 is 3.30 bits per heavy atom. The predicted octanol–water partition coefficient (Wildman–Crippen LogP) is 1.16. The van der Waals surface area contributed by atoms with Crippen LogP contribution in [0, 0.1) is 13.8 Å². The van der Waals surface area contributed by atoms with E-state index in [1.54, 1.807) is 0 Å². The number of rotatable bonds is 1. The molecule has 0 aliphatic heterocycles. The molecule has 0 saturated heterocycles. The number of pyridine rings is 1. The zero-order valence-electron chi connectivity index (χ0n) is 12.5. The van der Waals surface area contributed by atoms with Crippen LogP contribution in [0.4, 0.5) is 0 Å². The molecule has 0 unspecified atom stereocenters. The third-order valence-electron chi connectivity index (χ3n) is 1.08. The molecule has 0 amide bonds. The lowest BCUT2D eigenvalue weighted by molar-refractivity contribution is 0.960. The third kappa shape index (κ3) is 1.33. The molecule has 1 rings (SSSR count). The first-order valence-electron chi connectivity index (χ1n) is 6.24. The summed E-state index contributed by atoms with van der Waals surface area (Å²) in [6, 6.07) is -1.14. The predicted molar refractivity (Wildman–Crippen MR) is 41.6 cm³/mol. The number of nitrogens with two attached hydrogens (primary N) is 1. The highest BCUT2D eigenvalue weighted by Crippen LogP contribution is 2.03. The Hall–Kier alpha value is -0.890. The molecule has 1 heterocycles. The summed E-state index contributed by atoms with van der Waals surface area (Å²) in [5.41, 5.74) is 4.42. The Balaban J connectivity index is 3.60. The summed E-state index contributed by atoms with van der Waals surface area (Å²) in [6.07, 6.45) is 0. The van der Waals surface area contributed by atoms with Crippen LogP contribution in [0.15, 0.2) is 12.1 Å². The van der Waals surface area contributed by atoms with Crippen LogP contribution in [0.3, 0.4) is 0 Å². The molecule has 0 saturated carbocycles. The smallest absolute Gasteiger partial charge is 0.0643 e. The van der Waals surface area contributed by atoms with Crippen molar-refractivity contribution in [3.05, 3.63) is 29.0 Å². The third-order valence-corrected chi connectivity index (χ3v) is 1.08. The zero-order valence-corrected chi connectivity index (χ0v) is 5.52. The van der Waals surface area contributed by atoms with Gasteiger partial charge in [0.25, 0.3) is 0 Å². The maximum Gasteiger partial charge on any atom is 0.0643 e. The second-order valence-corrected chi connectivity index (χ2v) is 1.82. The first kappa shape index (κ1) is 2.31. The highest BCUT2D eigenvalue weighted by molar-refractivity contribution is 5.19. The van der Waals surface area contributed by atoms with Gasteiger partial charge in [0.2, 0.25) is 0 Å². The Morgan fingerprint density at radius 1 is 1.90 bits per heavy atom. The molecule has 2 heteroatoms. The van der Waals surface area contributed by atoms with Gasteiger partial charge < -0.3 is 5.73 Å². The zero-order chi connectivity index (χ0) is 13.6. The standard InChI is InChI=1S/C8H12N2/c1-6-3-4-8(5-9)10-7(6)2/h3-4H,5,9H2,1-2H3/i1D3,3D,4D,5D2. The van der Waals surface area contributed by atoms with E-state index in [1.807, 2.05) is 0 Å². The molecule has 54 valence electrons. The molecule has 0 fully saturated rings. The maximum atomic E-state index is 7.60. The molecule has 0 bridgehead atoms. The number of aryl methyl sites for hydroxylation is 1. The van der Waals surface area contributed by atoms with Gasteiger partial charge in [-0.05, 0) is 25.4 Å². The maximum absolute atomic E-state index is 7.60. The van der Waals surface area contributed by atoms with E-state index in [1.165, 1.54) is 6.92 Å². The molecular formula is C8H12N2. The number of hydrogen-bond donors (Lipinski definition) is 1. The van der Waals surface area contributed by atoms with Gasteiger partial charge in [-0.3, -0.25) is 4.98 Å². The minimum atomic E-state index is -2.55. The minimum Gasteiger partial charge on any atom is -0.325 e. The lowest BCUT2D eigenvalue weighted by Crippen LogP contribution is -2.00. The summed E-state index contributed by atoms with van der Waals surface area (Å²) in [4.78, 5) is 3.70. The molecule has 0 atom stereocenters. The van der Waals surface area contributed by atoms with Crippen molar-refractivity contribution >= 4 is 0 Å². The Morgan fingerprint density at radius 2 is 2.70 bits per heavy atom.